The standard InChI is InChI=1S/C15H19ClN4O5S/c1-15(9-26(23)24,14(21)18-22)5-6-20-8-13(17-19-20)11-4-3-10(25-2)7-12(11)16/h3-4,7-8,22H,5-6,9H2,1-2H3,(H,18,21)(H,23,24)/t15-/m0/s1. The zero-order valence-electron chi connectivity index (χ0n) is 14.2. The number of halogens is 1. The second-order valence-electron chi connectivity index (χ2n) is 5.93. The van der Waals surface area contributed by atoms with Crippen LogP contribution in [0.5, 0.6) is 5.75 Å². The van der Waals surface area contributed by atoms with Crippen LogP contribution in [0.3, 0.4) is 0 Å². The number of hydroxylamine groups is 1. The van der Waals surface area contributed by atoms with E-state index in [1.807, 2.05) is 0 Å². The fourth-order valence-electron chi connectivity index (χ4n) is 2.38. The van der Waals surface area contributed by atoms with Gasteiger partial charge in [0.2, 0.25) is 5.91 Å². The zero-order valence-corrected chi connectivity index (χ0v) is 15.8. The van der Waals surface area contributed by atoms with Gasteiger partial charge in [0.05, 0.1) is 29.5 Å². The van der Waals surface area contributed by atoms with E-state index in [0.29, 0.717) is 22.0 Å². The van der Waals surface area contributed by atoms with Crippen LogP contribution in [0.1, 0.15) is 13.3 Å². The van der Waals surface area contributed by atoms with Gasteiger partial charge in [-0.2, -0.15) is 0 Å². The van der Waals surface area contributed by atoms with Gasteiger partial charge in [0.25, 0.3) is 0 Å². The molecule has 0 bridgehead atoms. The van der Waals surface area contributed by atoms with Crippen LogP contribution in [0, 0.1) is 5.41 Å². The summed E-state index contributed by atoms with van der Waals surface area (Å²) >= 11 is 4.03. The van der Waals surface area contributed by atoms with E-state index in [0.717, 1.165) is 0 Å². The van der Waals surface area contributed by atoms with E-state index in [1.165, 1.54) is 17.1 Å². The topological polar surface area (TPSA) is 127 Å². The average molecular weight is 403 g/mol. The van der Waals surface area contributed by atoms with Crippen LogP contribution in [0.15, 0.2) is 24.4 Å². The number of ether oxygens (including phenoxy) is 1. The molecule has 0 aliphatic carbocycles. The molecule has 2 aromatic rings. The van der Waals surface area contributed by atoms with Crippen LogP contribution < -0.4 is 10.2 Å². The molecule has 142 valence electrons. The molecule has 0 radical (unpaired) electrons. The molecule has 1 unspecified atom stereocenters. The number of benzene rings is 1. The highest BCUT2D eigenvalue weighted by atomic mass is 35.5. The smallest absolute Gasteiger partial charge is 0.250 e. The molecule has 2 rings (SSSR count). The normalized spacial score (nSPS) is 14.5. The van der Waals surface area contributed by atoms with E-state index < -0.39 is 22.4 Å². The molecule has 1 amide bonds. The Bertz CT molecular complexity index is 815. The third kappa shape index (κ3) is 4.79. The zero-order chi connectivity index (χ0) is 19.3. The number of nitrogens with one attached hydrogen (secondary N) is 1. The van der Waals surface area contributed by atoms with Gasteiger partial charge in [-0.15, -0.1) is 5.10 Å². The monoisotopic (exact) mass is 402 g/mol. The van der Waals surface area contributed by atoms with Crippen LogP contribution in [0.25, 0.3) is 11.3 Å². The maximum absolute atomic E-state index is 11.8. The Labute approximate surface area is 157 Å². The number of rotatable bonds is 8. The predicted molar refractivity (Wildman–Crippen MR) is 95.3 cm³/mol. The van der Waals surface area contributed by atoms with Crippen molar-refractivity contribution in [3.05, 3.63) is 29.4 Å². The van der Waals surface area contributed by atoms with Crippen molar-refractivity contribution in [3.63, 3.8) is 0 Å². The van der Waals surface area contributed by atoms with Crippen LogP contribution >= 0.6 is 11.6 Å². The van der Waals surface area contributed by atoms with Crippen molar-refractivity contribution in [1.29, 1.82) is 0 Å². The molecule has 26 heavy (non-hydrogen) atoms. The molecule has 0 aliphatic heterocycles. The number of carbonyl (C=O) groups is 1. The second-order valence-corrected chi connectivity index (χ2v) is 7.27. The van der Waals surface area contributed by atoms with Gasteiger partial charge in [0.1, 0.15) is 11.4 Å². The Morgan fingerprint density at radius 3 is 2.81 bits per heavy atom. The minimum Gasteiger partial charge on any atom is -0.497 e. The maximum atomic E-state index is 11.8. The molecule has 11 heteroatoms. The average Bonchev–Trinajstić information content (AvgIpc) is 3.07. The first-order valence-corrected chi connectivity index (χ1v) is 9.20. The largest absolute Gasteiger partial charge is 0.497 e. The summed E-state index contributed by atoms with van der Waals surface area (Å²) in [5, 5.41) is 17.4. The van der Waals surface area contributed by atoms with Crippen molar-refractivity contribution in [2.24, 2.45) is 5.41 Å². The highest BCUT2D eigenvalue weighted by molar-refractivity contribution is 7.79. The van der Waals surface area contributed by atoms with E-state index in [-0.39, 0.29) is 18.7 Å². The van der Waals surface area contributed by atoms with Crippen molar-refractivity contribution < 1.29 is 23.5 Å². The third-order valence-corrected chi connectivity index (χ3v) is 5.17. The summed E-state index contributed by atoms with van der Waals surface area (Å²) in [5.41, 5.74) is 1.51. The second kappa shape index (κ2) is 8.58. The lowest BCUT2D eigenvalue weighted by Gasteiger charge is -2.25. The van der Waals surface area contributed by atoms with E-state index in [4.69, 9.17) is 26.1 Å². The fraction of sp³-hybridized carbons (Fsp3) is 0.400. The number of amides is 1. The first kappa shape index (κ1) is 20.3. The molecule has 3 N–H and O–H groups in total. The summed E-state index contributed by atoms with van der Waals surface area (Å²) in [5.74, 6) is -0.432. The number of methoxy groups -OCH3 is 1. The molecule has 0 saturated carbocycles. The summed E-state index contributed by atoms with van der Waals surface area (Å²) in [6, 6.07) is 5.17. The highest BCUT2D eigenvalue weighted by Crippen LogP contribution is 2.30. The molecule has 0 spiro atoms. The molecule has 1 aromatic carbocycles. The molecule has 9 nitrogen and oxygen atoms in total. The van der Waals surface area contributed by atoms with E-state index in [1.54, 1.807) is 31.5 Å². The first-order valence-electron chi connectivity index (χ1n) is 7.55. The van der Waals surface area contributed by atoms with Crippen LogP contribution in [-0.4, -0.2) is 47.7 Å². The van der Waals surface area contributed by atoms with Crippen molar-refractivity contribution in [2.75, 3.05) is 12.9 Å². The summed E-state index contributed by atoms with van der Waals surface area (Å²) in [7, 11) is 1.54. The summed E-state index contributed by atoms with van der Waals surface area (Å²) in [6.45, 7) is 1.74. The number of hydrogen-bond donors (Lipinski definition) is 3. The van der Waals surface area contributed by atoms with Crippen LogP contribution in [0.2, 0.25) is 5.02 Å². The molecule has 1 aromatic heterocycles. The number of hydrogen-bond acceptors (Lipinski definition) is 6. The number of aromatic nitrogens is 3. The minimum atomic E-state index is -2.19. The van der Waals surface area contributed by atoms with Gasteiger partial charge < -0.3 is 9.29 Å². The number of aryl methyl sites for hydroxylation is 1. The number of carbonyl (C=O) groups excluding carboxylic acids is 1. The van der Waals surface area contributed by atoms with Crippen molar-refractivity contribution in [1.82, 2.24) is 20.5 Å². The molecule has 0 aliphatic rings. The molecular formula is C15H19ClN4O5S. The van der Waals surface area contributed by atoms with E-state index >= 15 is 0 Å². The SMILES string of the molecule is COc1ccc(-c2cn(CC[C@@](C)(CS(=O)O)C(=O)NO)nn2)c(Cl)c1. The lowest BCUT2D eigenvalue weighted by molar-refractivity contribution is -0.138. The van der Waals surface area contributed by atoms with Gasteiger partial charge in [-0.25, -0.2) is 9.69 Å². The summed E-state index contributed by atoms with van der Waals surface area (Å²) in [6.07, 6.45) is 1.83. The molecule has 2 atom stereocenters. The minimum absolute atomic E-state index is 0.171. The van der Waals surface area contributed by atoms with Crippen molar-refractivity contribution in [2.45, 2.75) is 19.9 Å². The van der Waals surface area contributed by atoms with Gasteiger partial charge in [0.15, 0.2) is 11.1 Å². The Hall–Kier alpha value is -2.01. The predicted octanol–water partition coefficient (Wildman–Crippen LogP) is 1.73. The van der Waals surface area contributed by atoms with E-state index in [2.05, 4.69) is 10.3 Å². The maximum Gasteiger partial charge on any atom is 0.250 e. The summed E-state index contributed by atoms with van der Waals surface area (Å²) < 4.78 is 26.8. The first-order chi connectivity index (χ1) is 12.3. The fourth-order valence-corrected chi connectivity index (χ4v) is 3.47. The number of nitrogens with zero attached hydrogens (tertiary/aromatic N) is 3. The molecule has 0 saturated heterocycles. The van der Waals surface area contributed by atoms with Crippen molar-refractivity contribution in [3.8, 4) is 17.0 Å². The molecule has 1 heterocycles. The van der Waals surface area contributed by atoms with Gasteiger partial charge in [-0.1, -0.05) is 16.8 Å². The van der Waals surface area contributed by atoms with Gasteiger partial charge in [0, 0.05) is 12.1 Å². The van der Waals surface area contributed by atoms with E-state index in [9.17, 15) is 9.00 Å². The van der Waals surface area contributed by atoms with Gasteiger partial charge in [-0.05, 0) is 31.5 Å². The molecule has 0 fully saturated rings. The third-order valence-electron chi connectivity index (χ3n) is 3.98. The molecular weight excluding hydrogens is 384 g/mol. The summed E-state index contributed by atoms with van der Waals surface area (Å²) in [4.78, 5) is 11.8. The lowest BCUT2D eigenvalue weighted by atomic mass is 9.88. The van der Waals surface area contributed by atoms with Gasteiger partial charge in [-0.3, -0.25) is 14.7 Å². The lowest BCUT2D eigenvalue weighted by Crippen LogP contribution is -2.42. The quantitative estimate of drug-likeness (QED) is 0.348. The van der Waals surface area contributed by atoms with Crippen LogP contribution in [-0.2, 0) is 22.4 Å². The Kier molecular flexibility index (Phi) is 6.70. The Morgan fingerprint density at radius 2 is 2.23 bits per heavy atom. The van der Waals surface area contributed by atoms with Crippen molar-refractivity contribution >= 4 is 28.6 Å². The Balaban J connectivity index is 2.14. The van der Waals surface area contributed by atoms with Gasteiger partial charge >= 0.3 is 0 Å². The Morgan fingerprint density at radius 1 is 1.50 bits per heavy atom. The van der Waals surface area contributed by atoms with Crippen LogP contribution in [0.4, 0.5) is 0 Å². The highest BCUT2D eigenvalue weighted by Gasteiger charge is 2.35.